The van der Waals surface area contributed by atoms with Gasteiger partial charge in [-0.2, -0.15) is 5.10 Å². The number of sulfonamides is 1. The molecule has 0 unspecified atom stereocenters. The van der Waals surface area contributed by atoms with E-state index in [1.807, 2.05) is 12.2 Å². The van der Waals surface area contributed by atoms with E-state index >= 15 is 0 Å². The van der Waals surface area contributed by atoms with Crippen LogP contribution in [0.5, 0.6) is 0 Å². The molecule has 4 rings (SSSR count). The zero-order valence-electron chi connectivity index (χ0n) is 16.3. The Hall–Kier alpha value is -3.56. The number of rotatable bonds is 6. The summed E-state index contributed by atoms with van der Waals surface area (Å²) in [5, 5.41) is 12.6. The Kier molecular flexibility index (Phi) is 5.53. The second kappa shape index (κ2) is 8.29. The molecule has 9 heteroatoms. The lowest BCUT2D eigenvalue weighted by Gasteiger charge is -2.08. The molecular weight excluding hydrogens is 419 g/mol. The highest BCUT2D eigenvalue weighted by Gasteiger charge is 2.15. The van der Waals surface area contributed by atoms with E-state index in [-0.39, 0.29) is 23.2 Å². The summed E-state index contributed by atoms with van der Waals surface area (Å²) in [6.07, 6.45) is 6.10. The molecule has 0 fully saturated rings. The minimum Gasteiger partial charge on any atom is -0.347 e. The van der Waals surface area contributed by atoms with Gasteiger partial charge in [-0.05, 0) is 61.0 Å². The van der Waals surface area contributed by atoms with E-state index in [0.29, 0.717) is 34.6 Å². The largest absolute Gasteiger partial charge is 0.347 e. The SMILES string of the molecule is NS(=O)(=O)c1ccc(-n2nc(CNC(=O)C3=CC=CC3)cc2-c2ccc(F)cc2)cc1. The van der Waals surface area contributed by atoms with Crippen LogP contribution in [0.1, 0.15) is 12.1 Å². The summed E-state index contributed by atoms with van der Waals surface area (Å²) >= 11 is 0. The van der Waals surface area contributed by atoms with Crippen LogP contribution >= 0.6 is 0 Å². The van der Waals surface area contributed by atoms with Crippen molar-refractivity contribution in [2.75, 3.05) is 0 Å². The van der Waals surface area contributed by atoms with Gasteiger partial charge in [-0.1, -0.05) is 18.2 Å². The van der Waals surface area contributed by atoms with Gasteiger partial charge in [0.05, 0.1) is 28.5 Å². The number of primary sulfonamides is 1. The molecule has 1 heterocycles. The van der Waals surface area contributed by atoms with Crippen LogP contribution in [-0.4, -0.2) is 24.1 Å². The first-order valence-corrected chi connectivity index (χ1v) is 11.0. The summed E-state index contributed by atoms with van der Waals surface area (Å²) in [5.41, 5.74) is 3.23. The Morgan fingerprint density at radius 1 is 1.13 bits per heavy atom. The first kappa shape index (κ1) is 20.7. The van der Waals surface area contributed by atoms with Crippen molar-refractivity contribution < 1.29 is 17.6 Å². The minimum atomic E-state index is -3.82. The van der Waals surface area contributed by atoms with Crippen molar-refractivity contribution in [1.82, 2.24) is 15.1 Å². The molecular formula is C22H19FN4O3S. The monoisotopic (exact) mass is 438 g/mol. The Bertz CT molecular complexity index is 1290. The number of nitrogens with two attached hydrogens (primary N) is 1. The van der Waals surface area contributed by atoms with E-state index in [4.69, 9.17) is 5.14 Å². The van der Waals surface area contributed by atoms with Crippen LogP contribution in [0.3, 0.4) is 0 Å². The van der Waals surface area contributed by atoms with E-state index in [1.54, 1.807) is 41.1 Å². The molecule has 0 spiro atoms. The molecule has 7 nitrogen and oxygen atoms in total. The number of allylic oxidation sites excluding steroid dienone is 3. The number of benzene rings is 2. The number of halogens is 1. The van der Waals surface area contributed by atoms with Crippen molar-refractivity contribution in [2.45, 2.75) is 17.9 Å². The molecule has 0 aliphatic heterocycles. The quantitative estimate of drug-likeness (QED) is 0.617. The third-order valence-electron chi connectivity index (χ3n) is 4.80. The maximum atomic E-state index is 13.4. The fraction of sp³-hybridized carbons (Fsp3) is 0.0909. The molecule has 158 valence electrons. The molecule has 0 bridgehead atoms. The van der Waals surface area contributed by atoms with Crippen LogP contribution in [0.15, 0.2) is 83.3 Å². The van der Waals surface area contributed by atoms with Crippen molar-refractivity contribution >= 4 is 15.9 Å². The molecule has 2 aromatic carbocycles. The molecule has 0 atom stereocenters. The highest BCUT2D eigenvalue weighted by molar-refractivity contribution is 7.89. The van der Waals surface area contributed by atoms with Crippen molar-refractivity contribution in [3.63, 3.8) is 0 Å². The molecule has 1 aliphatic rings. The highest BCUT2D eigenvalue weighted by atomic mass is 32.2. The van der Waals surface area contributed by atoms with E-state index in [9.17, 15) is 17.6 Å². The molecule has 3 aromatic rings. The van der Waals surface area contributed by atoms with Crippen LogP contribution in [0.2, 0.25) is 0 Å². The van der Waals surface area contributed by atoms with Crippen LogP contribution in [0.25, 0.3) is 16.9 Å². The molecule has 31 heavy (non-hydrogen) atoms. The molecule has 0 radical (unpaired) electrons. The van der Waals surface area contributed by atoms with Gasteiger partial charge in [0.15, 0.2) is 0 Å². The summed E-state index contributed by atoms with van der Waals surface area (Å²) in [5.74, 6) is -0.529. The zero-order chi connectivity index (χ0) is 22.0. The molecule has 1 aromatic heterocycles. The van der Waals surface area contributed by atoms with E-state index < -0.39 is 10.0 Å². The number of hydrogen-bond donors (Lipinski definition) is 2. The predicted octanol–water partition coefficient (Wildman–Crippen LogP) is 2.83. The highest BCUT2D eigenvalue weighted by Crippen LogP contribution is 2.25. The standard InChI is InChI=1S/C22H19FN4O3S/c23-17-7-5-15(6-8-17)21-13-18(14-25-22(28)16-3-1-2-4-16)26-27(21)19-9-11-20(12-10-19)31(24,29)30/h1-3,5-13H,4,14H2,(H,25,28)(H2,24,29,30). The summed E-state index contributed by atoms with van der Waals surface area (Å²) in [4.78, 5) is 12.2. The molecule has 3 N–H and O–H groups in total. The van der Waals surface area contributed by atoms with Crippen molar-refractivity contribution in [2.24, 2.45) is 5.14 Å². The topological polar surface area (TPSA) is 107 Å². The number of carbonyl (C=O) groups excluding carboxylic acids is 1. The first-order chi connectivity index (χ1) is 14.8. The summed E-state index contributed by atoms with van der Waals surface area (Å²) in [6.45, 7) is 0.201. The van der Waals surface area contributed by atoms with Crippen LogP contribution in [0.4, 0.5) is 4.39 Å². The average molecular weight is 438 g/mol. The summed E-state index contributed by atoms with van der Waals surface area (Å²) < 4.78 is 38.1. The maximum absolute atomic E-state index is 13.4. The van der Waals surface area contributed by atoms with Gasteiger partial charge in [0.2, 0.25) is 15.9 Å². The van der Waals surface area contributed by atoms with Crippen LogP contribution in [-0.2, 0) is 21.4 Å². The summed E-state index contributed by atoms with van der Waals surface area (Å²) in [7, 11) is -3.82. The first-order valence-electron chi connectivity index (χ1n) is 9.43. The fourth-order valence-electron chi connectivity index (χ4n) is 3.22. The third kappa shape index (κ3) is 4.62. The van der Waals surface area contributed by atoms with Gasteiger partial charge in [-0.15, -0.1) is 0 Å². The molecule has 0 saturated heterocycles. The van der Waals surface area contributed by atoms with Gasteiger partial charge in [0, 0.05) is 11.1 Å². The van der Waals surface area contributed by atoms with Gasteiger partial charge in [-0.3, -0.25) is 4.79 Å². The van der Waals surface area contributed by atoms with E-state index in [0.717, 1.165) is 0 Å². The lowest BCUT2D eigenvalue weighted by Crippen LogP contribution is -2.24. The molecule has 1 aliphatic carbocycles. The third-order valence-corrected chi connectivity index (χ3v) is 5.73. The summed E-state index contributed by atoms with van der Waals surface area (Å²) in [6, 6.07) is 13.7. The fourth-order valence-corrected chi connectivity index (χ4v) is 3.73. The number of aromatic nitrogens is 2. The lowest BCUT2D eigenvalue weighted by molar-refractivity contribution is -0.117. The molecule has 0 saturated carbocycles. The number of nitrogens with zero attached hydrogens (tertiary/aromatic N) is 2. The van der Waals surface area contributed by atoms with Gasteiger partial charge < -0.3 is 5.32 Å². The smallest absolute Gasteiger partial charge is 0.247 e. The number of hydrogen-bond acceptors (Lipinski definition) is 4. The maximum Gasteiger partial charge on any atom is 0.247 e. The van der Waals surface area contributed by atoms with Crippen molar-refractivity contribution in [1.29, 1.82) is 0 Å². The Labute approximate surface area is 178 Å². The van der Waals surface area contributed by atoms with Crippen LogP contribution < -0.4 is 10.5 Å². The second-order valence-corrected chi connectivity index (χ2v) is 8.55. The second-order valence-electron chi connectivity index (χ2n) is 6.99. The Balaban J connectivity index is 1.67. The van der Waals surface area contributed by atoms with E-state index in [1.165, 1.54) is 24.3 Å². The minimum absolute atomic E-state index is 0.0160. The number of carbonyl (C=O) groups is 1. The zero-order valence-corrected chi connectivity index (χ0v) is 17.1. The van der Waals surface area contributed by atoms with Crippen molar-refractivity contribution in [3.05, 3.63) is 89.9 Å². The number of amides is 1. The average Bonchev–Trinajstić information content (AvgIpc) is 3.42. The lowest BCUT2D eigenvalue weighted by atomic mass is 10.1. The van der Waals surface area contributed by atoms with Gasteiger partial charge >= 0.3 is 0 Å². The van der Waals surface area contributed by atoms with E-state index in [2.05, 4.69) is 10.4 Å². The van der Waals surface area contributed by atoms with Gasteiger partial charge in [0.1, 0.15) is 5.82 Å². The van der Waals surface area contributed by atoms with Gasteiger partial charge in [0.25, 0.3) is 0 Å². The van der Waals surface area contributed by atoms with Gasteiger partial charge in [-0.25, -0.2) is 22.6 Å². The number of nitrogens with one attached hydrogen (secondary N) is 1. The molecule has 1 amide bonds. The van der Waals surface area contributed by atoms with Crippen molar-refractivity contribution in [3.8, 4) is 16.9 Å². The Morgan fingerprint density at radius 3 is 2.45 bits per heavy atom. The van der Waals surface area contributed by atoms with Crippen LogP contribution in [0, 0.1) is 5.82 Å². The normalized spacial score (nSPS) is 13.3. The predicted molar refractivity (Wildman–Crippen MR) is 114 cm³/mol. The Morgan fingerprint density at radius 2 is 1.84 bits per heavy atom.